The number of hydrogen-bond donors (Lipinski definition) is 2. The molecule has 0 bridgehead atoms. The molecule has 0 amide bonds. The zero-order valence-corrected chi connectivity index (χ0v) is 14.5. The molecule has 1 atom stereocenters. The van der Waals surface area contributed by atoms with E-state index in [1.54, 1.807) is 17.4 Å². The molecular weight excluding hydrogens is 372 g/mol. The standard InChI is InChI=1S/C15H16BrClN2OS/c16-10-3-4-11(17)13(15(10)20)14(12-2-1-9-21-12)19-7-5-18-6-8-19/h1-4,9,14,18,20H,5-8H2/t14-/m0/s1. The molecule has 21 heavy (non-hydrogen) atoms. The number of phenolic OH excluding ortho intramolecular Hbond substituents is 1. The molecule has 6 heteroatoms. The van der Waals surface area contributed by atoms with E-state index in [2.05, 4.69) is 37.6 Å². The van der Waals surface area contributed by atoms with Gasteiger partial charge in [-0.05, 0) is 39.5 Å². The summed E-state index contributed by atoms with van der Waals surface area (Å²) in [7, 11) is 0. The van der Waals surface area contributed by atoms with Crippen molar-refractivity contribution < 1.29 is 5.11 Å². The van der Waals surface area contributed by atoms with Crippen LogP contribution in [-0.2, 0) is 0 Å². The van der Waals surface area contributed by atoms with Gasteiger partial charge in [0.2, 0.25) is 0 Å². The number of nitrogens with zero attached hydrogens (tertiary/aromatic N) is 1. The van der Waals surface area contributed by atoms with Gasteiger partial charge in [0.15, 0.2) is 0 Å². The minimum atomic E-state index is -0.00269. The molecule has 2 N–H and O–H groups in total. The van der Waals surface area contributed by atoms with E-state index in [0.29, 0.717) is 9.50 Å². The van der Waals surface area contributed by atoms with Crippen LogP contribution in [0.15, 0.2) is 34.1 Å². The molecule has 0 spiro atoms. The zero-order chi connectivity index (χ0) is 14.8. The highest BCUT2D eigenvalue weighted by Crippen LogP contribution is 2.43. The third kappa shape index (κ3) is 3.12. The van der Waals surface area contributed by atoms with Gasteiger partial charge in [-0.25, -0.2) is 0 Å². The molecule has 112 valence electrons. The van der Waals surface area contributed by atoms with E-state index in [4.69, 9.17) is 11.6 Å². The Labute approximate surface area is 141 Å². The van der Waals surface area contributed by atoms with Crippen LogP contribution in [0.25, 0.3) is 0 Å². The molecule has 1 aliphatic rings. The quantitative estimate of drug-likeness (QED) is 0.839. The molecule has 3 rings (SSSR count). The van der Waals surface area contributed by atoms with Crippen molar-refractivity contribution in [2.45, 2.75) is 6.04 Å². The molecule has 0 saturated carbocycles. The number of piperazine rings is 1. The van der Waals surface area contributed by atoms with Gasteiger partial charge in [-0.2, -0.15) is 0 Å². The molecule has 2 heterocycles. The van der Waals surface area contributed by atoms with Crippen LogP contribution >= 0.6 is 38.9 Å². The first-order valence-electron chi connectivity index (χ1n) is 6.83. The van der Waals surface area contributed by atoms with Crippen LogP contribution < -0.4 is 5.32 Å². The van der Waals surface area contributed by atoms with Gasteiger partial charge in [0.05, 0.1) is 10.5 Å². The fourth-order valence-electron chi connectivity index (χ4n) is 2.71. The highest BCUT2D eigenvalue weighted by molar-refractivity contribution is 9.10. The number of rotatable bonds is 3. The summed E-state index contributed by atoms with van der Waals surface area (Å²) in [6.45, 7) is 3.78. The van der Waals surface area contributed by atoms with Crippen LogP contribution in [0.1, 0.15) is 16.5 Å². The molecule has 2 aromatic rings. The molecular formula is C15H16BrClN2OS. The summed E-state index contributed by atoms with van der Waals surface area (Å²) in [4.78, 5) is 3.57. The zero-order valence-electron chi connectivity index (χ0n) is 11.4. The second kappa shape index (κ2) is 6.67. The Balaban J connectivity index is 2.09. The van der Waals surface area contributed by atoms with Crippen LogP contribution in [0.2, 0.25) is 5.02 Å². The summed E-state index contributed by atoms with van der Waals surface area (Å²) in [5.74, 6) is 0.236. The van der Waals surface area contributed by atoms with Crippen molar-refractivity contribution in [3.63, 3.8) is 0 Å². The second-order valence-corrected chi connectivity index (χ2v) is 7.24. The average molecular weight is 388 g/mol. The molecule has 1 aliphatic heterocycles. The maximum Gasteiger partial charge on any atom is 0.136 e. The fourth-order valence-corrected chi connectivity index (χ4v) is 4.18. The SMILES string of the molecule is Oc1c(Br)ccc(Cl)c1[C@H](c1cccs1)N1CCNCC1. The largest absolute Gasteiger partial charge is 0.506 e. The van der Waals surface area contributed by atoms with Crippen molar-refractivity contribution in [1.82, 2.24) is 10.2 Å². The van der Waals surface area contributed by atoms with Crippen LogP contribution in [0.4, 0.5) is 0 Å². The lowest BCUT2D eigenvalue weighted by Crippen LogP contribution is -2.45. The van der Waals surface area contributed by atoms with E-state index >= 15 is 0 Å². The molecule has 0 radical (unpaired) electrons. The number of benzene rings is 1. The minimum absolute atomic E-state index is 0.00269. The first-order valence-corrected chi connectivity index (χ1v) is 8.88. The normalized spacial score (nSPS) is 17.8. The van der Waals surface area contributed by atoms with Crippen molar-refractivity contribution in [3.8, 4) is 5.75 Å². The summed E-state index contributed by atoms with van der Waals surface area (Å²) < 4.78 is 0.679. The molecule has 0 unspecified atom stereocenters. The molecule has 1 aromatic carbocycles. The van der Waals surface area contributed by atoms with Crippen molar-refractivity contribution in [2.75, 3.05) is 26.2 Å². The number of aromatic hydroxyl groups is 1. The van der Waals surface area contributed by atoms with E-state index in [-0.39, 0.29) is 11.8 Å². The summed E-state index contributed by atoms with van der Waals surface area (Å²) in [5.41, 5.74) is 0.787. The van der Waals surface area contributed by atoms with E-state index in [1.807, 2.05) is 12.1 Å². The number of phenols is 1. The predicted molar refractivity (Wildman–Crippen MR) is 91.4 cm³/mol. The number of nitrogens with one attached hydrogen (secondary N) is 1. The van der Waals surface area contributed by atoms with Gasteiger partial charge in [0.25, 0.3) is 0 Å². The summed E-state index contributed by atoms with van der Waals surface area (Å²) >= 11 is 11.5. The topological polar surface area (TPSA) is 35.5 Å². The van der Waals surface area contributed by atoms with E-state index in [1.165, 1.54) is 4.88 Å². The van der Waals surface area contributed by atoms with Gasteiger partial charge in [-0.15, -0.1) is 11.3 Å². The highest BCUT2D eigenvalue weighted by atomic mass is 79.9. The van der Waals surface area contributed by atoms with Crippen molar-refractivity contribution in [2.24, 2.45) is 0 Å². The minimum Gasteiger partial charge on any atom is -0.506 e. The van der Waals surface area contributed by atoms with Gasteiger partial charge in [-0.3, -0.25) is 4.90 Å². The Morgan fingerprint density at radius 3 is 2.71 bits per heavy atom. The van der Waals surface area contributed by atoms with Crippen LogP contribution in [0.5, 0.6) is 5.75 Å². The monoisotopic (exact) mass is 386 g/mol. The number of hydrogen-bond acceptors (Lipinski definition) is 4. The van der Waals surface area contributed by atoms with E-state index in [9.17, 15) is 5.11 Å². The van der Waals surface area contributed by atoms with Gasteiger partial charge in [0, 0.05) is 41.6 Å². The van der Waals surface area contributed by atoms with Gasteiger partial charge >= 0.3 is 0 Å². The molecule has 1 saturated heterocycles. The molecule has 1 aromatic heterocycles. The summed E-state index contributed by atoms with van der Waals surface area (Å²) in [6.07, 6.45) is 0. The molecule has 0 aliphatic carbocycles. The van der Waals surface area contributed by atoms with Gasteiger partial charge in [0.1, 0.15) is 5.75 Å². The lowest BCUT2D eigenvalue weighted by Gasteiger charge is -2.35. The van der Waals surface area contributed by atoms with Crippen LogP contribution in [-0.4, -0.2) is 36.2 Å². The fraction of sp³-hybridized carbons (Fsp3) is 0.333. The Morgan fingerprint density at radius 1 is 1.29 bits per heavy atom. The van der Waals surface area contributed by atoms with Crippen LogP contribution in [0, 0.1) is 0 Å². The Bertz CT molecular complexity index is 614. The van der Waals surface area contributed by atoms with E-state index < -0.39 is 0 Å². The van der Waals surface area contributed by atoms with Crippen molar-refractivity contribution >= 4 is 38.9 Å². The van der Waals surface area contributed by atoms with Gasteiger partial charge in [-0.1, -0.05) is 17.7 Å². The highest BCUT2D eigenvalue weighted by Gasteiger charge is 2.29. The maximum atomic E-state index is 10.5. The van der Waals surface area contributed by atoms with Gasteiger partial charge < -0.3 is 10.4 Å². The first kappa shape index (κ1) is 15.3. The average Bonchev–Trinajstić information content (AvgIpc) is 3.02. The predicted octanol–water partition coefficient (Wildman–Crippen LogP) is 3.86. The Morgan fingerprint density at radius 2 is 2.05 bits per heavy atom. The lowest BCUT2D eigenvalue weighted by molar-refractivity contribution is 0.198. The van der Waals surface area contributed by atoms with Crippen LogP contribution in [0.3, 0.4) is 0 Å². The lowest BCUT2D eigenvalue weighted by atomic mass is 10.0. The van der Waals surface area contributed by atoms with Crippen molar-refractivity contribution in [3.05, 3.63) is 49.6 Å². The Kier molecular flexibility index (Phi) is 4.86. The maximum absolute atomic E-state index is 10.5. The third-order valence-electron chi connectivity index (χ3n) is 3.72. The molecule has 3 nitrogen and oxygen atoms in total. The molecule has 1 fully saturated rings. The smallest absolute Gasteiger partial charge is 0.136 e. The summed E-state index contributed by atoms with van der Waals surface area (Å²) in [5, 5.41) is 16.5. The first-order chi connectivity index (χ1) is 10.2. The Hall–Kier alpha value is -0.590. The third-order valence-corrected chi connectivity index (χ3v) is 5.61. The second-order valence-electron chi connectivity index (χ2n) is 5.00. The summed E-state index contributed by atoms with van der Waals surface area (Å²) in [6, 6.07) is 7.76. The number of halogens is 2. The number of thiophene rings is 1. The van der Waals surface area contributed by atoms with Crippen molar-refractivity contribution in [1.29, 1.82) is 0 Å². The van der Waals surface area contributed by atoms with E-state index in [0.717, 1.165) is 31.7 Å².